The molecule has 5 rings (SSSR count). The van der Waals surface area contributed by atoms with Gasteiger partial charge in [-0.15, -0.1) is 0 Å². The number of hydrogen-bond acceptors (Lipinski definition) is 4. The van der Waals surface area contributed by atoms with Crippen LogP contribution in [-0.2, 0) is 12.8 Å². The number of amides is 1. The topological polar surface area (TPSA) is 48.5 Å². The Labute approximate surface area is 196 Å². The van der Waals surface area contributed by atoms with Crippen molar-refractivity contribution in [2.75, 3.05) is 38.1 Å². The zero-order valence-corrected chi connectivity index (χ0v) is 19.6. The normalized spacial score (nSPS) is 18.6. The fraction of sp³-hybridized carbons (Fsp3) is 0.357. The molecule has 1 atom stereocenters. The summed E-state index contributed by atoms with van der Waals surface area (Å²) in [5, 5.41) is 3.26. The number of carbonyl (C=O) groups excluding carboxylic acids is 1. The highest BCUT2D eigenvalue weighted by molar-refractivity contribution is 5.92. The first-order chi connectivity index (χ1) is 16.1. The van der Waals surface area contributed by atoms with Crippen molar-refractivity contribution in [2.45, 2.75) is 32.2 Å². The third-order valence-electron chi connectivity index (χ3n) is 7.12. The lowest BCUT2D eigenvalue weighted by Gasteiger charge is -2.37. The van der Waals surface area contributed by atoms with Crippen LogP contribution in [0.25, 0.3) is 11.1 Å². The van der Waals surface area contributed by atoms with Crippen LogP contribution in [0.2, 0.25) is 0 Å². The number of benzene rings is 2. The lowest BCUT2D eigenvalue weighted by molar-refractivity contribution is 0.0928. The maximum atomic E-state index is 13.0. The van der Waals surface area contributed by atoms with Gasteiger partial charge in [-0.25, -0.2) is 0 Å². The summed E-state index contributed by atoms with van der Waals surface area (Å²) < 4.78 is 0. The Kier molecular flexibility index (Phi) is 6.14. The second-order valence-electron chi connectivity index (χ2n) is 9.36. The van der Waals surface area contributed by atoms with E-state index in [2.05, 4.69) is 58.3 Å². The van der Waals surface area contributed by atoms with Gasteiger partial charge in [-0.1, -0.05) is 42.5 Å². The van der Waals surface area contributed by atoms with E-state index in [1.807, 2.05) is 30.3 Å². The number of pyridine rings is 1. The van der Waals surface area contributed by atoms with E-state index in [1.165, 1.54) is 22.4 Å². The highest BCUT2D eigenvalue weighted by atomic mass is 16.1. The minimum Gasteiger partial charge on any atom is -0.369 e. The highest BCUT2D eigenvalue weighted by Gasteiger charge is 2.27. The number of nitrogens with one attached hydrogen (secondary N) is 1. The van der Waals surface area contributed by atoms with Gasteiger partial charge in [0, 0.05) is 49.7 Å². The van der Waals surface area contributed by atoms with Crippen LogP contribution in [-0.4, -0.2) is 55.1 Å². The molecular formula is C28H32N4O. The number of carbonyl (C=O) groups is 1. The molecule has 3 aromatic rings. The summed E-state index contributed by atoms with van der Waals surface area (Å²) >= 11 is 0. The minimum atomic E-state index is -0.0862. The molecule has 2 aromatic carbocycles. The number of likely N-dealkylation sites (N-methyl/N-ethyl adjacent to an activating group) is 1. The maximum absolute atomic E-state index is 13.0. The highest BCUT2D eigenvalue weighted by Crippen LogP contribution is 2.33. The molecule has 2 heterocycles. The van der Waals surface area contributed by atoms with Gasteiger partial charge in [-0.05, 0) is 67.6 Å². The number of hydrogen-bond donors (Lipinski definition) is 1. The number of piperazine rings is 1. The molecule has 0 unspecified atom stereocenters. The molecule has 170 valence electrons. The van der Waals surface area contributed by atoms with Crippen LogP contribution in [0.1, 0.15) is 33.6 Å². The fourth-order valence-electron chi connectivity index (χ4n) is 5.10. The van der Waals surface area contributed by atoms with Crippen molar-refractivity contribution in [3.8, 4) is 11.1 Å². The van der Waals surface area contributed by atoms with E-state index < -0.39 is 0 Å². The first-order valence-corrected chi connectivity index (χ1v) is 12.0. The van der Waals surface area contributed by atoms with Crippen molar-refractivity contribution in [3.05, 3.63) is 83.2 Å². The molecular weight excluding hydrogens is 408 g/mol. The molecule has 1 saturated heterocycles. The Bertz CT molecular complexity index is 1120. The number of rotatable bonds is 4. The van der Waals surface area contributed by atoms with E-state index in [9.17, 15) is 4.79 Å². The molecule has 1 fully saturated rings. The Balaban J connectivity index is 1.30. The predicted octanol–water partition coefficient (Wildman–Crippen LogP) is 4.10. The van der Waals surface area contributed by atoms with E-state index in [0.29, 0.717) is 5.69 Å². The van der Waals surface area contributed by atoms with Crippen molar-refractivity contribution < 1.29 is 4.79 Å². The van der Waals surface area contributed by atoms with Gasteiger partial charge in [-0.3, -0.25) is 9.78 Å². The molecule has 1 amide bonds. The molecule has 0 bridgehead atoms. The van der Waals surface area contributed by atoms with E-state index in [0.717, 1.165) is 56.6 Å². The SMILES string of the molecule is Cc1ccc(N2CCN(C)CC2)c2c1CC[C@H](NC(=O)c1ccc(-c3ccccc3)cn1)C2. The van der Waals surface area contributed by atoms with Gasteiger partial charge in [0.15, 0.2) is 0 Å². The molecule has 5 heteroatoms. The van der Waals surface area contributed by atoms with E-state index in [4.69, 9.17) is 0 Å². The summed E-state index contributed by atoms with van der Waals surface area (Å²) in [6.07, 6.45) is 4.64. The third-order valence-corrected chi connectivity index (χ3v) is 7.12. The van der Waals surface area contributed by atoms with Crippen LogP contribution in [0.15, 0.2) is 60.8 Å². The Morgan fingerprint density at radius 3 is 2.45 bits per heavy atom. The minimum absolute atomic E-state index is 0.0862. The molecule has 0 saturated carbocycles. The van der Waals surface area contributed by atoms with Gasteiger partial charge in [0.25, 0.3) is 5.91 Å². The molecule has 33 heavy (non-hydrogen) atoms. The van der Waals surface area contributed by atoms with Crippen molar-refractivity contribution in [2.24, 2.45) is 0 Å². The number of nitrogens with zero attached hydrogens (tertiary/aromatic N) is 3. The van der Waals surface area contributed by atoms with Gasteiger partial charge in [0.1, 0.15) is 5.69 Å². The maximum Gasteiger partial charge on any atom is 0.270 e. The Morgan fingerprint density at radius 1 is 0.939 bits per heavy atom. The van der Waals surface area contributed by atoms with Crippen LogP contribution in [0.3, 0.4) is 0 Å². The molecule has 1 aromatic heterocycles. The van der Waals surface area contributed by atoms with Gasteiger partial charge in [0.05, 0.1) is 0 Å². The van der Waals surface area contributed by atoms with Gasteiger partial charge in [-0.2, -0.15) is 0 Å². The van der Waals surface area contributed by atoms with Gasteiger partial charge in [0.2, 0.25) is 0 Å². The van der Waals surface area contributed by atoms with Gasteiger partial charge < -0.3 is 15.1 Å². The van der Waals surface area contributed by atoms with Gasteiger partial charge >= 0.3 is 0 Å². The van der Waals surface area contributed by atoms with Crippen molar-refractivity contribution >= 4 is 11.6 Å². The standard InChI is InChI=1S/C28H32N4O/c1-20-8-13-27(32-16-14-31(2)15-17-32)25-18-23(10-11-24(20)25)30-28(33)26-12-9-22(19-29-26)21-6-4-3-5-7-21/h3-9,12-13,19,23H,10-11,14-18H2,1-2H3,(H,30,33)/t23-/m0/s1. The molecule has 1 aliphatic carbocycles. The number of aryl methyl sites for hydroxylation is 1. The van der Waals surface area contributed by atoms with Crippen molar-refractivity contribution in [3.63, 3.8) is 0 Å². The lowest BCUT2D eigenvalue weighted by atomic mass is 9.84. The smallest absolute Gasteiger partial charge is 0.270 e. The summed E-state index contributed by atoms with van der Waals surface area (Å²) in [4.78, 5) is 22.3. The number of aromatic nitrogens is 1. The predicted molar refractivity (Wildman–Crippen MR) is 134 cm³/mol. The summed E-state index contributed by atoms with van der Waals surface area (Å²) in [7, 11) is 2.19. The van der Waals surface area contributed by atoms with Crippen LogP contribution < -0.4 is 10.2 Å². The molecule has 1 aliphatic heterocycles. The summed E-state index contributed by atoms with van der Waals surface area (Å²) in [6.45, 7) is 6.51. The Hall–Kier alpha value is -3.18. The number of fused-ring (bicyclic) bond motifs is 1. The molecule has 1 N–H and O–H groups in total. The summed E-state index contributed by atoms with van der Waals surface area (Å²) in [6, 6.07) is 18.6. The van der Waals surface area contributed by atoms with Crippen molar-refractivity contribution in [1.29, 1.82) is 0 Å². The van der Waals surface area contributed by atoms with Crippen LogP contribution in [0.5, 0.6) is 0 Å². The average molecular weight is 441 g/mol. The molecule has 2 aliphatic rings. The molecule has 0 radical (unpaired) electrons. The fourth-order valence-corrected chi connectivity index (χ4v) is 5.10. The quantitative estimate of drug-likeness (QED) is 0.664. The third kappa shape index (κ3) is 4.64. The first-order valence-electron chi connectivity index (χ1n) is 12.0. The number of anilines is 1. The van der Waals surface area contributed by atoms with Crippen LogP contribution in [0, 0.1) is 6.92 Å². The second-order valence-corrected chi connectivity index (χ2v) is 9.36. The van der Waals surface area contributed by atoms with E-state index in [-0.39, 0.29) is 11.9 Å². The lowest BCUT2D eigenvalue weighted by Crippen LogP contribution is -2.45. The molecule has 0 spiro atoms. The largest absolute Gasteiger partial charge is 0.369 e. The average Bonchev–Trinajstić information content (AvgIpc) is 2.86. The zero-order chi connectivity index (χ0) is 22.8. The monoisotopic (exact) mass is 440 g/mol. The van der Waals surface area contributed by atoms with E-state index in [1.54, 1.807) is 6.20 Å². The summed E-state index contributed by atoms with van der Waals surface area (Å²) in [5.41, 5.74) is 8.22. The van der Waals surface area contributed by atoms with Crippen molar-refractivity contribution in [1.82, 2.24) is 15.2 Å². The molecule has 5 nitrogen and oxygen atoms in total. The van der Waals surface area contributed by atoms with Crippen LogP contribution >= 0.6 is 0 Å². The van der Waals surface area contributed by atoms with E-state index >= 15 is 0 Å². The Morgan fingerprint density at radius 2 is 1.73 bits per heavy atom. The zero-order valence-electron chi connectivity index (χ0n) is 19.6. The summed E-state index contributed by atoms with van der Waals surface area (Å²) in [5.74, 6) is -0.0862. The van der Waals surface area contributed by atoms with Crippen LogP contribution in [0.4, 0.5) is 5.69 Å². The first kappa shape index (κ1) is 21.7. The second kappa shape index (κ2) is 9.36.